The molecule has 0 spiro atoms. The molecule has 3 heterocycles. The highest BCUT2D eigenvalue weighted by molar-refractivity contribution is 5.97. The molecule has 3 aromatic heterocycles. The van der Waals surface area contributed by atoms with Gasteiger partial charge in [-0.05, 0) is 62.7 Å². The number of halogens is 2. The van der Waals surface area contributed by atoms with Gasteiger partial charge in [-0.25, -0.2) is 23.1 Å². The number of aliphatic hydroxyl groups is 1. The number of aliphatic hydroxyl groups excluding tert-OH is 1. The molecular weight excluding hydrogens is 562 g/mol. The average molecular weight is 591 g/mol. The highest BCUT2D eigenvalue weighted by atomic mass is 19.1. The molecule has 43 heavy (non-hydrogen) atoms. The number of nitrogens with one attached hydrogen (secondary N) is 2. The van der Waals surface area contributed by atoms with Crippen LogP contribution in [0.4, 0.5) is 14.6 Å². The first-order valence-electron chi connectivity index (χ1n) is 13.4. The molecule has 0 aliphatic carbocycles. The average Bonchev–Trinajstić information content (AvgIpc) is 3.38. The summed E-state index contributed by atoms with van der Waals surface area (Å²) in [5, 5.41) is 19.9. The zero-order valence-corrected chi connectivity index (χ0v) is 23.5. The number of nitrogens with zero attached hydrogens (tertiary/aromatic N) is 4. The van der Waals surface area contributed by atoms with Crippen LogP contribution in [0.2, 0.25) is 0 Å². The van der Waals surface area contributed by atoms with Gasteiger partial charge in [0.2, 0.25) is 0 Å². The highest BCUT2D eigenvalue weighted by Gasteiger charge is 2.21. The van der Waals surface area contributed by atoms with Crippen molar-refractivity contribution in [2.24, 2.45) is 0 Å². The van der Waals surface area contributed by atoms with E-state index in [2.05, 4.69) is 20.5 Å². The molecule has 0 saturated carbocycles. The maximum Gasteiger partial charge on any atom is 0.335 e. The summed E-state index contributed by atoms with van der Waals surface area (Å²) in [5.41, 5.74) is -1.03. The monoisotopic (exact) mass is 590 g/mol. The number of hydrogen-bond acceptors (Lipinski definition) is 8. The topological polar surface area (TPSA) is 144 Å². The minimum absolute atomic E-state index is 0.111. The molecule has 3 N–H and O–H groups in total. The molecular formula is C30H28F2N6O5. The minimum Gasteiger partial charge on any atom is -0.453 e. The molecule has 0 amide bonds. The number of aromatic amines is 1. The van der Waals surface area contributed by atoms with E-state index in [9.17, 15) is 23.9 Å². The van der Waals surface area contributed by atoms with E-state index in [4.69, 9.17) is 4.74 Å². The van der Waals surface area contributed by atoms with Gasteiger partial charge in [0.25, 0.3) is 5.56 Å². The van der Waals surface area contributed by atoms with E-state index >= 15 is 4.39 Å². The standard InChI is InChI=1S/C30H28F2N6O5/c1-16(2)37-15-21(29(41)38(30(37)42)20-7-5-19(31)6-8-20)23(40)13-18-4-9-24(22(32)12-18)43-25-10-11-33-27-26(25)28(36-35-27)34-14-17(3)39/h4-12,15-17,39H,13-14H2,1-3H3,(H2,33,34,35,36)/t17-/m1/s1. The van der Waals surface area contributed by atoms with E-state index in [1.165, 1.54) is 47.3 Å². The summed E-state index contributed by atoms with van der Waals surface area (Å²) in [6.07, 6.45) is 1.70. The lowest BCUT2D eigenvalue weighted by Gasteiger charge is -2.15. The lowest BCUT2D eigenvalue weighted by molar-refractivity contribution is 0.0990. The van der Waals surface area contributed by atoms with Crippen LogP contribution in [0.1, 0.15) is 42.7 Å². The Morgan fingerprint density at radius 2 is 1.81 bits per heavy atom. The van der Waals surface area contributed by atoms with Gasteiger partial charge in [0.05, 0.1) is 11.8 Å². The Hall–Kier alpha value is -5.17. The van der Waals surface area contributed by atoms with Crippen molar-refractivity contribution in [3.05, 3.63) is 105 Å². The van der Waals surface area contributed by atoms with Crippen LogP contribution < -0.4 is 21.3 Å². The fraction of sp³-hybridized carbons (Fsp3) is 0.233. The Kier molecular flexibility index (Phi) is 8.17. The first-order valence-corrected chi connectivity index (χ1v) is 13.4. The Balaban J connectivity index is 1.43. The number of rotatable bonds is 10. The van der Waals surface area contributed by atoms with Crippen molar-refractivity contribution >= 4 is 22.6 Å². The maximum atomic E-state index is 15.2. The first-order chi connectivity index (χ1) is 20.5. The van der Waals surface area contributed by atoms with Gasteiger partial charge in [-0.3, -0.25) is 19.3 Å². The molecule has 0 radical (unpaired) electrons. The van der Waals surface area contributed by atoms with Crippen LogP contribution in [0.3, 0.4) is 0 Å². The molecule has 222 valence electrons. The Bertz CT molecular complexity index is 1930. The number of aromatic nitrogens is 5. The number of Topliss-reactive ketones (excluding diaryl/α,β-unsaturated/α-hetero) is 1. The summed E-state index contributed by atoms with van der Waals surface area (Å²) < 4.78 is 36.6. The van der Waals surface area contributed by atoms with E-state index in [1.54, 1.807) is 20.8 Å². The highest BCUT2D eigenvalue weighted by Crippen LogP contribution is 2.34. The van der Waals surface area contributed by atoms with Crippen LogP contribution in [-0.4, -0.2) is 47.9 Å². The van der Waals surface area contributed by atoms with Gasteiger partial charge in [-0.1, -0.05) is 6.07 Å². The first kappa shape index (κ1) is 29.3. The number of carbonyl (C=O) groups is 1. The number of ether oxygens (including phenoxy) is 1. The molecule has 0 saturated heterocycles. The molecule has 5 rings (SSSR count). The Morgan fingerprint density at radius 1 is 1.07 bits per heavy atom. The summed E-state index contributed by atoms with van der Waals surface area (Å²) in [5.74, 6) is -1.44. The number of hydrogen-bond donors (Lipinski definition) is 3. The van der Waals surface area contributed by atoms with Crippen LogP contribution in [0.5, 0.6) is 11.5 Å². The van der Waals surface area contributed by atoms with Crippen molar-refractivity contribution in [2.75, 3.05) is 11.9 Å². The second kappa shape index (κ2) is 12.0. The van der Waals surface area contributed by atoms with Crippen LogP contribution in [0.25, 0.3) is 16.7 Å². The van der Waals surface area contributed by atoms with Gasteiger partial charge in [-0.2, -0.15) is 5.10 Å². The summed E-state index contributed by atoms with van der Waals surface area (Å²) in [6, 6.07) is 9.90. The van der Waals surface area contributed by atoms with E-state index in [-0.39, 0.29) is 41.3 Å². The third-order valence-electron chi connectivity index (χ3n) is 6.62. The molecule has 2 aromatic carbocycles. The van der Waals surface area contributed by atoms with Crippen LogP contribution in [-0.2, 0) is 6.42 Å². The number of H-pyrrole nitrogens is 1. The zero-order chi connectivity index (χ0) is 30.8. The quantitative estimate of drug-likeness (QED) is 0.206. The summed E-state index contributed by atoms with van der Waals surface area (Å²) in [7, 11) is 0. The second-order valence-corrected chi connectivity index (χ2v) is 10.2. The van der Waals surface area contributed by atoms with Crippen molar-refractivity contribution in [2.45, 2.75) is 39.3 Å². The van der Waals surface area contributed by atoms with Gasteiger partial charge in [0, 0.05) is 37.5 Å². The maximum absolute atomic E-state index is 15.2. The molecule has 0 aliphatic rings. The summed E-state index contributed by atoms with van der Waals surface area (Å²) >= 11 is 0. The van der Waals surface area contributed by atoms with Gasteiger partial charge in [0.1, 0.15) is 22.5 Å². The fourth-order valence-electron chi connectivity index (χ4n) is 4.47. The van der Waals surface area contributed by atoms with Crippen LogP contribution in [0, 0.1) is 11.6 Å². The van der Waals surface area contributed by atoms with Gasteiger partial charge < -0.3 is 15.2 Å². The number of fused-ring (bicyclic) bond motifs is 1. The number of benzene rings is 2. The third-order valence-corrected chi connectivity index (χ3v) is 6.62. The van der Waals surface area contributed by atoms with Crippen molar-refractivity contribution in [1.82, 2.24) is 24.3 Å². The summed E-state index contributed by atoms with van der Waals surface area (Å²) in [4.78, 5) is 43.9. The number of anilines is 1. The van der Waals surface area contributed by atoms with E-state index in [0.29, 0.717) is 16.9 Å². The molecule has 0 unspecified atom stereocenters. The van der Waals surface area contributed by atoms with E-state index in [1.807, 2.05) is 0 Å². The summed E-state index contributed by atoms with van der Waals surface area (Å²) in [6.45, 7) is 5.27. The molecule has 0 fully saturated rings. The molecule has 0 bridgehead atoms. The largest absolute Gasteiger partial charge is 0.453 e. The molecule has 0 aliphatic heterocycles. The fourth-order valence-corrected chi connectivity index (χ4v) is 4.47. The third kappa shape index (κ3) is 6.06. The number of carbonyl (C=O) groups excluding carboxylic acids is 1. The predicted molar refractivity (Wildman–Crippen MR) is 155 cm³/mol. The molecule has 1 atom stereocenters. The second-order valence-electron chi connectivity index (χ2n) is 10.2. The number of pyridine rings is 1. The van der Waals surface area contributed by atoms with E-state index < -0.39 is 40.8 Å². The number of ketones is 1. The van der Waals surface area contributed by atoms with Crippen molar-refractivity contribution in [3.63, 3.8) is 0 Å². The smallest absolute Gasteiger partial charge is 0.335 e. The van der Waals surface area contributed by atoms with Crippen LogP contribution in [0.15, 0.2) is 70.5 Å². The lowest BCUT2D eigenvalue weighted by Crippen LogP contribution is -2.42. The molecule has 5 aromatic rings. The molecule has 11 nitrogen and oxygen atoms in total. The SMILES string of the molecule is CC(C)n1cc(C(=O)Cc2ccc(Oc3ccnc4[nH]nc(NC[C@@H](C)O)c34)c(F)c2)c(=O)n(-c2ccc(F)cc2)c1=O. The van der Waals surface area contributed by atoms with E-state index in [0.717, 1.165) is 22.8 Å². The van der Waals surface area contributed by atoms with Gasteiger partial charge >= 0.3 is 5.69 Å². The van der Waals surface area contributed by atoms with Crippen LogP contribution >= 0.6 is 0 Å². The van der Waals surface area contributed by atoms with Crippen molar-refractivity contribution in [1.29, 1.82) is 0 Å². The van der Waals surface area contributed by atoms with Crippen molar-refractivity contribution in [3.8, 4) is 17.2 Å². The molecule has 13 heteroatoms. The minimum atomic E-state index is -0.860. The van der Waals surface area contributed by atoms with Gasteiger partial charge in [-0.15, -0.1) is 0 Å². The predicted octanol–water partition coefficient (Wildman–Crippen LogP) is 4.14. The lowest BCUT2D eigenvalue weighted by atomic mass is 10.0. The Labute approximate surface area is 243 Å². The normalized spacial score (nSPS) is 12.1. The van der Waals surface area contributed by atoms with Crippen molar-refractivity contribution < 1.29 is 23.4 Å². The van der Waals surface area contributed by atoms with Gasteiger partial charge in [0.15, 0.2) is 28.8 Å². The Morgan fingerprint density at radius 3 is 2.49 bits per heavy atom. The zero-order valence-electron chi connectivity index (χ0n) is 23.5.